The Balaban J connectivity index is 2.64. The van der Waals surface area contributed by atoms with Crippen molar-refractivity contribution in [2.45, 2.75) is 25.2 Å². The Morgan fingerprint density at radius 3 is 2.80 bits per heavy atom. The molecule has 0 fully saturated rings. The molecule has 0 aliphatic heterocycles. The van der Waals surface area contributed by atoms with E-state index < -0.39 is 0 Å². The van der Waals surface area contributed by atoms with Crippen LogP contribution in [0.15, 0.2) is 27.6 Å². The maximum absolute atomic E-state index is 10.8. The minimum Gasteiger partial charge on any atom is -0.298 e. The topological polar surface area (TPSA) is 17.1 Å². The molecule has 1 aromatic rings. The van der Waals surface area contributed by atoms with Crippen LogP contribution in [0.25, 0.3) is 0 Å². The first kappa shape index (κ1) is 12.8. The van der Waals surface area contributed by atoms with Gasteiger partial charge in [-0.2, -0.15) is 0 Å². The number of thioether (sulfide) groups is 1. The van der Waals surface area contributed by atoms with E-state index in [0.717, 1.165) is 27.0 Å². The lowest BCUT2D eigenvalue weighted by Crippen LogP contribution is -1.91. The lowest BCUT2D eigenvalue weighted by atomic mass is 10.2. The smallest absolute Gasteiger partial charge is 0.151 e. The molecule has 15 heavy (non-hydrogen) atoms. The third-order valence-corrected chi connectivity index (χ3v) is 3.67. The summed E-state index contributed by atoms with van der Waals surface area (Å²) in [5.41, 5.74) is 0.776. The summed E-state index contributed by atoms with van der Waals surface area (Å²) < 4.78 is 0.956. The zero-order valence-corrected chi connectivity index (χ0v) is 11.4. The molecule has 0 atom stereocenters. The fourth-order valence-corrected chi connectivity index (χ4v) is 2.77. The number of carbonyl (C=O) groups is 1. The van der Waals surface area contributed by atoms with Crippen molar-refractivity contribution in [1.82, 2.24) is 0 Å². The molecule has 82 valence electrons. The molecular weight excluding hydrogens is 272 g/mol. The van der Waals surface area contributed by atoms with Crippen LogP contribution in [0.2, 0.25) is 0 Å². The highest BCUT2D eigenvalue weighted by atomic mass is 79.9. The number of halogens is 1. The van der Waals surface area contributed by atoms with Crippen LogP contribution in [-0.2, 0) is 0 Å². The van der Waals surface area contributed by atoms with Crippen LogP contribution < -0.4 is 0 Å². The highest BCUT2D eigenvalue weighted by Crippen LogP contribution is 2.26. The fourth-order valence-electron chi connectivity index (χ4n) is 1.15. The minimum atomic E-state index is 0.715. The molecule has 1 nitrogen and oxygen atoms in total. The van der Waals surface area contributed by atoms with E-state index in [0.29, 0.717) is 5.92 Å². The SMILES string of the molecule is CC(C)CCSc1ccc(Br)cc1C=O. The normalized spacial score (nSPS) is 10.7. The predicted molar refractivity (Wildman–Crippen MR) is 69.7 cm³/mol. The maximum Gasteiger partial charge on any atom is 0.151 e. The third-order valence-electron chi connectivity index (χ3n) is 2.05. The zero-order chi connectivity index (χ0) is 11.3. The van der Waals surface area contributed by atoms with Crippen molar-refractivity contribution in [3.63, 3.8) is 0 Å². The number of carbonyl (C=O) groups excluding carboxylic acids is 1. The number of hydrogen-bond donors (Lipinski definition) is 0. The first-order valence-electron chi connectivity index (χ1n) is 5.01. The summed E-state index contributed by atoms with van der Waals surface area (Å²) in [6, 6.07) is 5.84. The average Bonchev–Trinajstić information content (AvgIpc) is 2.19. The van der Waals surface area contributed by atoms with Crippen molar-refractivity contribution in [2.24, 2.45) is 5.92 Å². The van der Waals surface area contributed by atoms with Crippen molar-refractivity contribution in [2.75, 3.05) is 5.75 Å². The second-order valence-electron chi connectivity index (χ2n) is 3.83. The van der Waals surface area contributed by atoms with Crippen LogP contribution in [0.5, 0.6) is 0 Å². The average molecular weight is 287 g/mol. The summed E-state index contributed by atoms with van der Waals surface area (Å²) in [6.45, 7) is 4.42. The Morgan fingerprint density at radius 1 is 1.47 bits per heavy atom. The molecule has 0 aliphatic rings. The second kappa shape index (κ2) is 6.33. The third kappa shape index (κ3) is 4.39. The quantitative estimate of drug-likeness (QED) is 0.590. The molecule has 0 aliphatic carbocycles. The van der Waals surface area contributed by atoms with Crippen LogP contribution in [0.4, 0.5) is 0 Å². The summed E-state index contributed by atoms with van der Waals surface area (Å²) in [5.74, 6) is 1.78. The molecule has 0 saturated carbocycles. The van der Waals surface area contributed by atoms with E-state index in [1.165, 1.54) is 6.42 Å². The van der Waals surface area contributed by atoms with Gasteiger partial charge in [0.2, 0.25) is 0 Å². The summed E-state index contributed by atoms with van der Waals surface area (Å²) >= 11 is 5.12. The largest absolute Gasteiger partial charge is 0.298 e. The lowest BCUT2D eigenvalue weighted by Gasteiger charge is -2.06. The molecule has 0 unspecified atom stereocenters. The molecule has 0 heterocycles. The van der Waals surface area contributed by atoms with Crippen molar-refractivity contribution in [1.29, 1.82) is 0 Å². The first-order valence-corrected chi connectivity index (χ1v) is 6.79. The standard InChI is InChI=1S/C12H15BrOS/c1-9(2)5-6-15-12-4-3-11(13)7-10(12)8-14/h3-4,7-9H,5-6H2,1-2H3. The molecule has 0 aromatic heterocycles. The highest BCUT2D eigenvalue weighted by molar-refractivity contribution is 9.10. The number of hydrogen-bond acceptors (Lipinski definition) is 2. The van der Waals surface area contributed by atoms with E-state index in [1.807, 2.05) is 18.2 Å². The van der Waals surface area contributed by atoms with E-state index in [1.54, 1.807) is 11.8 Å². The molecule has 0 spiro atoms. The Labute approximate surface area is 104 Å². The monoisotopic (exact) mass is 286 g/mol. The van der Waals surface area contributed by atoms with E-state index in [2.05, 4.69) is 29.8 Å². The molecule has 0 N–H and O–H groups in total. The maximum atomic E-state index is 10.8. The fraction of sp³-hybridized carbons (Fsp3) is 0.417. The first-order chi connectivity index (χ1) is 7.13. The van der Waals surface area contributed by atoms with Gasteiger partial charge in [0.15, 0.2) is 6.29 Å². The summed E-state index contributed by atoms with van der Waals surface area (Å²) in [7, 11) is 0. The van der Waals surface area contributed by atoms with Crippen molar-refractivity contribution < 1.29 is 4.79 Å². The van der Waals surface area contributed by atoms with Gasteiger partial charge in [-0.05, 0) is 36.3 Å². The Hall–Kier alpha value is -0.280. The number of benzene rings is 1. The van der Waals surface area contributed by atoms with Gasteiger partial charge in [-0.25, -0.2) is 0 Å². The van der Waals surface area contributed by atoms with Crippen LogP contribution in [0.1, 0.15) is 30.6 Å². The highest BCUT2D eigenvalue weighted by Gasteiger charge is 2.03. The minimum absolute atomic E-state index is 0.715. The van der Waals surface area contributed by atoms with Crippen LogP contribution in [0.3, 0.4) is 0 Å². The Kier molecular flexibility index (Phi) is 5.40. The van der Waals surface area contributed by atoms with Gasteiger partial charge >= 0.3 is 0 Å². The molecule has 1 rings (SSSR count). The molecule has 0 amide bonds. The molecule has 0 bridgehead atoms. The van der Waals surface area contributed by atoms with Crippen molar-refractivity contribution >= 4 is 34.0 Å². The second-order valence-corrected chi connectivity index (χ2v) is 5.88. The Bertz CT molecular complexity index is 336. The van der Waals surface area contributed by atoms with Gasteiger partial charge in [0.05, 0.1) is 0 Å². The lowest BCUT2D eigenvalue weighted by molar-refractivity contribution is 0.112. The summed E-state index contributed by atoms with van der Waals surface area (Å²) in [6.07, 6.45) is 2.10. The van der Waals surface area contributed by atoms with E-state index in [9.17, 15) is 4.79 Å². The van der Waals surface area contributed by atoms with Gasteiger partial charge in [0.25, 0.3) is 0 Å². The van der Waals surface area contributed by atoms with E-state index >= 15 is 0 Å². The molecule has 0 radical (unpaired) electrons. The summed E-state index contributed by atoms with van der Waals surface area (Å²) in [5, 5.41) is 0. The van der Waals surface area contributed by atoms with Gasteiger partial charge in [-0.15, -0.1) is 11.8 Å². The number of rotatable bonds is 5. The molecule has 3 heteroatoms. The van der Waals surface area contributed by atoms with Crippen LogP contribution >= 0.6 is 27.7 Å². The molecular formula is C12H15BrOS. The molecule has 1 aromatic carbocycles. The Morgan fingerprint density at radius 2 is 2.20 bits per heavy atom. The predicted octanol–water partition coefficient (Wildman–Crippen LogP) is 4.40. The van der Waals surface area contributed by atoms with Gasteiger partial charge in [0.1, 0.15) is 0 Å². The van der Waals surface area contributed by atoms with Gasteiger partial charge in [0, 0.05) is 14.9 Å². The molecule has 0 saturated heterocycles. The van der Waals surface area contributed by atoms with Gasteiger partial charge < -0.3 is 0 Å². The van der Waals surface area contributed by atoms with Crippen molar-refractivity contribution in [3.05, 3.63) is 28.2 Å². The van der Waals surface area contributed by atoms with E-state index in [-0.39, 0.29) is 0 Å². The zero-order valence-electron chi connectivity index (χ0n) is 9.00. The van der Waals surface area contributed by atoms with Gasteiger partial charge in [-0.1, -0.05) is 29.8 Å². The van der Waals surface area contributed by atoms with E-state index in [4.69, 9.17) is 0 Å². The number of aldehydes is 1. The summed E-state index contributed by atoms with van der Waals surface area (Å²) in [4.78, 5) is 11.9. The van der Waals surface area contributed by atoms with Gasteiger partial charge in [-0.3, -0.25) is 4.79 Å². The van der Waals surface area contributed by atoms with Crippen molar-refractivity contribution in [3.8, 4) is 0 Å². The van der Waals surface area contributed by atoms with Crippen LogP contribution in [-0.4, -0.2) is 12.0 Å². The van der Waals surface area contributed by atoms with Crippen LogP contribution in [0, 0.1) is 5.92 Å².